The van der Waals surface area contributed by atoms with E-state index in [1.165, 1.54) is 0 Å². The molecule has 0 radical (unpaired) electrons. The molecule has 1 atom stereocenters. The van der Waals surface area contributed by atoms with E-state index in [4.69, 9.17) is 22.3 Å². The van der Waals surface area contributed by atoms with Gasteiger partial charge in [0.2, 0.25) is 11.9 Å². The molecule has 1 saturated carbocycles. The van der Waals surface area contributed by atoms with Crippen LogP contribution in [0.1, 0.15) is 37.8 Å². The molecule has 30 heavy (non-hydrogen) atoms. The zero-order chi connectivity index (χ0) is 21.4. The van der Waals surface area contributed by atoms with Crippen molar-refractivity contribution < 1.29 is 4.79 Å². The average molecular weight is 493 g/mol. The topological polar surface area (TPSA) is 111 Å². The summed E-state index contributed by atoms with van der Waals surface area (Å²) in [6, 6.07) is 5.75. The third-order valence-electron chi connectivity index (χ3n) is 5.38. The summed E-state index contributed by atoms with van der Waals surface area (Å²) in [5.41, 5.74) is 8.41. The van der Waals surface area contributed by atoms with E-state index in [1.54, 1.807) is 17.9 Å². The number of hydrogen-bond donors (Lipinski definition) is 3. The van der Waals surface area contributed by atoms with Crippen LogP contribution in [0.5, 0.6) is 0 Å². The molecule has 1 aliphatic carbocycles. The van der Waals surface area contributed by atoms with Crippen molar-refractivity contribution in [3.05, 3.63) is 39.6 Å². The van der Waals surface area contributed by atoms with Crippen LogP contribution in [-0.2, 0) is 4.79 Å². The van der Waals surface area contributed by atoms with Crippen LogP contribution < -0.4 is 16.4 Å². The number of nitrogens with one attached hydrogen (secondary N) is 2. The summed E-state index contributed by atoms with van der Waals surface area (Å²) in [7, 11) is 1.66. The molecular weight excluding hydrogens is 470 g/mol. The van der Waals surface area contributed by atoms with Gasteiger partial charge in [-0.2, -0.15) is 10.1 Å². The minimum Gasteiger partial charge on any atom is -0.359 e. The summed E-state index contributed by atoms with van der Waals surface area (Å²) in [5.74, 6) is 1.01. The fourth-order valence-corrected chi connectivity index (χ4v) is 4.34. The third kappa shape index (κ3) is 4.28. The van der Waals surface area contributed by atoms with Crippen LogP contribution in [0.4, 0.5) is 5.95 Å². The standard InChI is InChI=1S/C20H23BrClN7O/c1-10(23)12-6-13(22)8-15(7-12)29-19-16(18(21)28-29)9-25-20(27-19)26-14-3-11(4-14)5-17(30)24-2/h6-11,14H,3-5,23H2,1-2H3,(H,24,30)(H,25,26,27)/t10-,11?,14?/m0/s1. The normalized spacial score (nSPS) is 19.4. The van der Waals surface area contributed by atoms with E-state index in [0.717, 1.165) is 29.5 Å². The number of nitrogens with two attached hydrogens (primary N) is 1. The second-order valence-electron chi connectivity index (χ2n) is 7.72. The van der Waals surface area contributed by atoms with E-state index in [1.807, 2.05) is 25.1 Å². The number of amides is 1. The highest BCUT2D eigenvalue weighted by molar-refractivity contribution is 9.10. The highest BCUT2D eigenvalue weighted by Crippen LogP contribution is 2.33. The van der Waals surface area contributed by atoms with Crippen LogP contribution in [0.3, 0.4) is 0 Å². The number of halogens is 2. The molecule has 0 unspecified atom stereocenters. The molecule has 1 aliphatic rings. The summed E-state index contributed by atoms with van der Waals surface area (Å²) in [4.78, 5) is 20.6. The number of hydrogen-bond acceptors (Lipinski definition) is 6. The Morgan fingerprint density at radius 3 is 2.87 bits per heavy atom. The zero-order valence-corrected chi connectivity index (χ0v) is 19.0. The van der Waals surface area contributed by atoms with Crippen LogP contribution in [-0.4, -0.2) is 38.7 Å². The van der Waals surface area contributed by atoms with Crippen molar-refractivity contribution in [2.75, 3.05) is 12.4 Å². The summed E-state index contributed by atoms with van der Waals surface area (Å²) >= 11 is 9.80. The molecule has 0 aliphatic heterocycles. The average Bonchev–Trinajstić information content (AvgIpc) is 3.01. The lowest BCUT2D eigenvalue weighted by Crippen LogP contribution is -2.38. The van der Waals surface area contributed by atoms with Crippen molar-refractivity contribution in [1.29, 1.82) is 0 Å². The molecule has 0 bridgehead atoms. The highest BCUT2D eigenvalue weighted by Gasteiger charge is 2.31. The van der Waals surface area contributed by atoms with Gasteiger partial charge in [-0.25, -0.2) is 9.67 Å². The molecule has 1 aromatic carbocycles. The third-order valence-corrected chi connectivity index (χ3v) is 6.18. The molecule has 158 valence electrons. The minimum atomic E-state index is -0.152. The molecular formula is C20H23BrClN7O. The number of carbonyl (C=O) groups is 1. The Hall–Kier alpha value is -2.23. The highest BCUT2D eigenvalue weighted by atomic mass is 79.9. The van der Waals surface area contributed by atoms with Crippen LogP contribution in [0.25, 0.3) is 16.7 Å². The van der Waals surface area contributed by atoms with Gasteiger partial charge in [-0.15, -0.1) is 0 Å². The quantitative estimate of drug-likeness (QED) is 0.485. The number of carbonyl (C=O) groups excluding carboxylic acids is 1. The van der Waals surface area contributed by atoms with Gasteiger partial charge in [-0.05, 0) is 65.4 Å². The first-order chi connectivity index (χ1) is 14.3. The predicted molar refractivity (Wildman–Crippen MR) is 121 cm³/mol. The van der Waals surface area contributed by atoms with E-state index >= 15 is 0 Å². The van der Waals surface area contributed by atoms with Gasteiger partial charge in [0.1, 0.15) is 4.60 Å². The molecule has 0 spiro atoms. The molecule has 0 saturated heterocycles. The van der Waals surface area contributed by atoms with Crippen molar-refractivity contribution >= 4 is 50.4 Å². The van der Waals surface area contributed by atoms with Crippen molar-refractivity contribution in [1.82, 2.24) is 25.1 Å². The van der Waals surface area contributed by atoms with Gasteiger partial charge >= 0.3 is 0 Å². The van der Waals surface area contributed by atoms with Crippen molar-refractivity contribution in [3.8, 4) is 5.69 Å². The van der Waals surface area contributed by atoms with Crippen LogP contribution in [0.15, 0.2) is 29.0 Å². The Balaban J connectivity index is 1.59. The summed E-state index contributed by atoms with van der Waals surface area (Å²) in [5, 5.41) is 12.0. The Morgan fingerprint density at radius 1 is 1.40 bits per heavy atom. The minimum absolute atomic E-state index is 0.0811. The smallest absolute Gasteiger partial charge is 0.224 e. The van der Waals surface area contributed by atoms with E-state index < -0.39 is 0 Å². The van der Waals surface area contributed by atoms with Gasteiger partial charge in [0.05, 0.1) is 11.1 Å². The molecule has 1 amide bonds. The number of anilines is 1. The molecule has 10 heteroatoms. The molecule has 4 rings (SSSR count). The zero-order valence-electron chi connectivity index (χ0n) is 16.7. The maximum atomic E-state index is 11.5. The summed E-state index contributed by atoms with van der Waals surface area (Å²) in [6.45, 7) is 1.91. The first-order valence-corrected chi connectivity index (χ1v) is 11.0. The Bertz CT molecular complexity index is 1090. The monoisotopic (exact) mass is 491 g/mol. The van der Waals surface area contributed by atoms with Crippen LogP contribution in [0.2, 0.25) is 5.02 Å². The molecule has 8 nitrogen and oxygen atoms in total. The Labute approximate surface area is 187 Å². The number of fused-ring (bicyclic) bond motifs is 1. The van der Waals surface area contributed by atoms with Gasteiger partial charge in [0.25, 0.3) is 0 Å². The van der Waals surface area contributed by atoms with E-state index in [9.17, 15) is 4.79 Å². The second-order valence-corrected chi connectivity index (χ2v) is 8.91. The van der Waals surface area contributed by atoms with Gasteiger partial charge in [-0.3, -0.25) is 4.79 Å². The molecule has 4 N–H and O–H groups in total. The van der Waals surface area contributed by atoms with Crippen molar-refractivity contribution in [2.24, 2.45) is 11.7 Å². The molecule has 3 aromatic rings. The SMILES string of the molecule is CNC(=O)CC1CC(Nc2ncc3c(Br)nn(-c4cc(Cl)cc([C@H](C)N)c4)c3n2)C1. The predicted octanol–water partition coefficient (Wildman–Crippen LogP) is 3.58. The lowest BCUT2D eigenvalue weighted by atomic mass is 9.78. The van der Waals surface area contributed by atoms with E-state index in [-0.39, 0.29) is 18.0 Å². The molecule has 2 aromatic heterocycles. The number of rotatable bonds is 6. The second kappa shape index (κ2) is 8.49. The largest absolute Gasteiger partial charge is 0.359 e. The van der Waals surface area contributed by atoms with Crippen LogP contribution in [0, 0.1) is 5.92 Å². The van der Waals surface area contributed by atoms with Crippen LogP contribution >= 0.6 is 27.5 Å². The summed E-state index contributed by atoms with van der Waals surface area (Å²) < 4.78 is 2.39. The van der Waals surface area contributed by atoms with Gasteiger partial charge < -0.3 is 16.4 Å². The molecule has 1 fully saturated rings. The first-order valence-electron chi connectivity index (χ1n) is 9.79. The van der Waals surface area contributed by atoms with Crippen molar-refractivity contribution in [2.45, 2.75) is 38.3 Å². The maximum absolute atomic E-state index is 11.5. The van der Waals surface area contributed by atoms with Gasteiger partial charge in [0, 0.05) is 36.8 Å². The number of aromatic nitrogens is 4. The number of benzene rings is 1. The van der Waals surface area contributed by atoms with Gasteiger partial charge in [-0.1, -0.05) is 11.6 Å². The molecule has 2 heterocycles. The van der Waals surface area contributed by atoms with E-state index in [0.29, 0.717) is 33.6 Å². The number of nitrogens with zero attached hydrogens (tertiary/aromatic N) is 4. The Morgan fingerprint density at radius 2 is 2.17 bits per heavy atom. The first kappa shape index (κ1) is 21.0. The maximum Gasteiger partial charge on any atom is 0.224 e. The van der Waals surface area contributed by atoms with Crippen molar-refractivity contribution in [3.63, 3.8) is 0 Å². The lowest BCUT2D eigenvalue weighted by molar-refractivity contribution is -0.122. The van der Waals surface area contributed by atoms with E-state index in [2.05, 4.69) is 36.6 Å². The summed E-state index contributed by atoms with van der Waals surface area (Å²) in [6.07, 6.45) is 4.15. The fraction of sp³-hybridized carbons (Fsp3) is 0.400. The fourth-order valence-electron chi connectivity index (χ4n) is 3.67. The Kier molecular flexibility index (Phi) is 5.95. The lowest BCUT2D eigenvalue weighted by Gasteiger charge is -2.35. The van der Waals surface area contributed by atoms with Gasteiger partial charge in [0.15, 0.2) is 5.65 Å².